The first-order valence-electron chi connectivity index (χ1n) is 13.6. The van der Waals surface area contributed by atoms with Gasteiger partial charge in [0, 0.05) is 13.2 Å². The van der Waals surface area contributed by atoms with Crippen molar-refractivity contribution in [1.82, 2.24) is 0 Å². The third kappa shape index (κ3) is 4.08. The largest absolute Gasteiger partial charge is 0.381 e. The van der Waals surface area contributed by atoms with Gasteiger partial charge in [-0.05, 0) is 117 Å². The number of hydrogen-bond donors (Lipinski definition) is 0. The smallest absolute Gasteiger partial charge is 0.0466 e. The lowest BCUT2D eigenvalue weighted by Gasteiger charge is -2.61. The summed E-state index contributed by atoms with van der Waals surface area (Å²) in [4.78, 5) is 0. The third-order valence-corrected chi connectivity index (χ3v) is 10.9. The van der Waals surface area contributed by atoms with E-state index in [1.54, 1.807) is 38.5 Å². The highest BCUT2D eigenvalue weighted by molar-refractivity contribution is 5.09. The van der Waals surface area contributed by atoms with E-state index in [1.807, 2.05) is 0 Å². The van der Waals surface area contributed by atoms with Gasteiger partial charge in [0.25, 0.3) is 0 Å². The molecule has 0 aromatic carbocycles. The maximum Gasteiger partial charge on any atom is 0.0466 e. The van der Waals surface area contributed by atoms with E-state index in [2.05, 4.69) is 27.7 Å². The van der Waals surface area contributed by atoms with Crippen molar-refractivity contribution in [2.45, 2.75) is 118 Å². The van der Waals surface area contributed by atoms with Gasteiger partial charge >= 0.3 is 0 Å². The van der Waals surface area contributed by atoms with Gasteiger partial charge in [-0.1, -0.05) is 47.0 Å². The molecule has 1 heteroatoms. The Kier molecular flexibility index (Phi) is 7.04. The van der Waals surface area contributed by atoms with Gasteiger partial charge in [0.2, 0.25) is 0 Å². The summed E-state index contributed by atoms with van der Waals surface area (Å²) < 4.78 is 5.85. The Morgan fingerprint density at radius 1 is 0.828 bits per heavy atom. The first-order valence-corrected chi connectivity index (χ1v) is 13.6. The van der Waals surface area contributed by atoms with Crippen LogP contribution >= 0.6 is 0 Å². The number of fused-ring (bicyclic) bond motifs is 5. The molecule has 0 radical (unpaired) electrons. The molecule has 4 fully saturated rings. The highest BCUT2D eigenvalue weighted by Gasteiger charge is 2.59. The number of hydrogen-bond acceptors (Lipinski definition) is 1. The van der Waals surface area contributed by atoms with E-state index >= 15 is 0 Å². The molecule has 4 aliphatic carbocycles. The molecule has 0 aliphatic heterocycles. The molecule has 0 unspecified atom stereocenters. The molecule has 0 amide bonds. The van der Waals surface area contributed by atoms with Gasteiger partial charge in [0.15, 0.2) is 0 Å². The predicted molar refractivity (Wildman–Crippen MR) is 124 cm³/mol. The summed E-state index contributed by atoms with van der Waals surface area (Å²) in [5, 5.41) is 0. The molecule has 0 saturated heterocycles. The molecule has 0 N–H and O–H groups in total. The van der Waals surface area contributed by atoms with E-state index < -0.39 is 0 Å². The average molecular weight is 403 g/mol. The summed E-state index contributed by atoms with van der Waals surface area (Å²) >= 11 is 0. The van der Waals surface area contributed by atoms with Crippen molar-refractivity contribution in [2.24, 2.45) is 46.3 Å². The molecular formula is C28H50O. The van der Waals surface area contributed by atoms with Gasteiger partial charge in [0.1, 0.15) is 0 Å². The Morgan fingerprint density at radius 2 is 1.62 bits per heavy atom. The molecular weight excluding hydrogens is 352 g/mol. The zero-order valence-electron chi connectivity index (χ0n) is 20.2. The predicted octanol–water partition coefficient (Wildman–Crippen LogP) is 8.27. The van der Waals surface area contributed by atoms with Crippen LogP contribution in [0.1, 0.15) is 118 Å². The van der Waals surface area contributed by atoms with Crippen LogP contribution in [0.2, 0.25) is 0 Å². The van der Waals surface area contributed by atoms with Crippen molar-refractivity contribution in [3.05, 3.63) is 0 Å². The highest BCUT2D eigenvalue weighted by atomic mass is 16.5. The van der Waals surface area contributed by atoms with Crippen LogP contribution in [-0.4, -0.2) is 13.2 Å². The van der Waals surface area contributed by atoms with Gasteiger partial charge in [-0.25, -0.2) is 0 Å². The normalized spacial score (nSPS) is 45.3. The molecule has 0 bridgehead atoms. The van der Waals surface area contributed by atoms with E-state index in [0.29, 0.717) is 10.8 Å². The van der Waals surface area contributed by atoms with Crippen LogP contribution in [0, 0.1) is 46.3 Å². The fourth-order valence-corrected chi connectivity index (χ4v) is 9.33. The van der Waals surface area contributed by atoms with Crippen molar-refractivity contribution >= 4 is 0 Å². The molecule has 1 nitrogen and oxygen atoms in total. The minimum absolute atomic E-state index is 0.640. The van der Waals surface area contributed by atoms with Crippen LogP contribution < -0.4 is 0 Å². The lowest BCUT2D eigenvalue weighted by Crippen LogP contribution is -2.53. The van der Waals surface area contributed by atoms with Crippen molar-refractivity contribution < 1.29 is 4.74 Å². The first-order chi connectivity index (χ1) is 14.0. The molecule has 168 valence electrons. The number of rotatable bonds is 8. The zero-order valence-corrected chi connectivity index (χ0v) is 20.2. The van der Waals surface area contributed by atoms with Crippen LogP contribution in [-0.2, 0) is 4.74 Å². The van der Waals surface area contributed by atoms with Gasteiger partial charge < -0.3 is 4.74 Å². The minimum Gasteiger partial charge on any atom is -0.381 e. The standard InChI is InChI=1S/C28H50O/c1-5-6-19-29-20-9-10-21(2)24-14-15-25-23-13-12-22-11-7-8-17-27(22,3)26(23)16-18-28(24,25)4/h21-26H,5-20H2,1-4H3/t21-,22+,23+,24-,25+,26+,27+,28-/m1/s1. The van der Waals surface area contributed by atoms with Gasteiger partial charge in [-0.15, -0.1) is 0 Å². The molecule has 29 heavy (non-hydrogen) atoms. The molecule has 4 rings (SSSR count). The summed E-state index contributed by atoms with van der Waals surface area (Å²) in [6.45, 7) is 12.2. The van der Waals surface area contributed by atoms with Crippen LogP contribution in [0.25, 0.3) is 0 Å². The topological polar surface area (TPSA) is 9.23 Å². The lowest BCUT2D eigenvalue weighted by molar-refractivity contribution is -0.114. The lowest BCUT2D eigenvalue weighted by atomic mass is 9.44. The van der Waals surface area contributed by atoms with E-state index in [0.717, 1.165) is 48.7 Å². The van der Waals surface area contributed by atoms with Gasteiger partial charge in [0.05, 0.1) is 0 Å². The summed E-state index contributed by atoms with van der Waals surface area (Å²) in [6, 6.07) is 0. The van der Waals surface area contributed by atoms with Crippen LogP contribution in [0.4, 0.5) is 0 Å². The average Bonchev–Trinajstić information content (AvgIpc) is 3.07. The van der Waals surface area contributed by atoms with Gasteiger partial charge in [-0.3, -0.25) is 0 Å². The molecule has 0 spiro atoms. The molecule has 0 aromatic heterocycles. The van der Waals surface area contributed by atoms with Crippen LogP contribution in [0.5, 0.6) is 0 Å². The Morgan fingerprint density at radius 3 is 2.45 bits per heavy atom. The van der Waals surface area contributed by atoms with Crippen molar-refractivity contribution in [3.63, 3.8) is 0 Å². The van der Waals surface area contributed by atoms with Crippen molar-refractivity contribution in [2.75, 3.05) is 13.2 Å². The first kappa shape index (κ1) is 22.2. The summed E-state index contributed by atoms with van der Waals surface area (Å²) in [7, 11) is 0. The summed E-state index contributed by atoms with van der Waals surface area (Å²) in [5.74, 6) is 6.07. The Labute approximate surface area is 182 Å². The maximum absolute atomic E-state index is 5.85. The number of unbranched alkanes of at least 4 members (excludes halogenated alkanes) is 1. The summed E-state index contributed by atoms with van der Waals surface area (Å²) in [6.07, 6.45) is 20.5. The highest BCUT2D eigenvalue weighted by Crippen LogP contribution is 2.68. The molecule has 4 saturated carbocycles. The zero-order chi connectivity index (χ0) is 20.5. The third-order valence-electron chi connectivity index (χ3n) is 10.9. The van der Waals surface area contributed by atoms with E-state index in [1.165, 1.54) is 51.4 Å². The quantitative estimate of drug-likeness (QED) is 0.371. The monoisotopic (exact) mass is 402 g/mol. The van der Waals surface area contributed by atoms with E-state index in [4.69, 9.17) is 4.74 Å². The minimum atomic E-state index is 0.640. The summed E-state index contributed by atoms with van der Waals surface area (Å²) in [5.41, 5.74) is 1.34. The van der Waals surface area contributed by atoms with E-state index in [-0.39, 0.29) is 0 Å². The molecule has 0 heterocycles. The maximum atomic E-state index is 5.85. The second-order valence-electron chi connectivity index (χ2n) is 12.2. The fourth-order valence-electron chi connectivity index (χ4n) is 9.33. The van der Waals surface area contributed by atoms with Crippen molar-refractivity contribution in [3.8, 4) is 0 Å². The number of ether oxygens (including phenoxy) is 1. The second kappa shape index (κ2) is 9.22. The van der Waals surface area contributed by atoms with Gasteiger partial charge in [-0.2, -0.15) is 0 Å². The van der Waals surface area contributed by atoms with Crippen LogP contribution in [0.15, 0.2) is 0 Å². The van der Waals surface area contributed by atoms with E-state index in [9.17, 15) is 0 Å². The van der Waals surface area contributed by atoms with Crippen LogP contribution in [0.3, 0.4) is 0 Å². The Hall–Kier alpha value is -0.0400. The second-order valence-corrected chi connectivity index (χ2v) is 12.2. The molecule has 0 aromatic rings. The molecule has 4 aliphatic rings. The molecule has 8 atom stereocenters. The van der Waals surface area contributed by atoms with Crippen molar-refractivity contribution in [1.29, 1.82) is 0 Å². The SMILES string of the molecule is CCCCOCCC[C@@H](C)[C@H]1CC[C@H]2[C@@H]3CC[C@@H]4CCCC[C@]4(C)[C@H]3CC[C@]12C. The Bertz CT molecular complexity index is 528. The Balaban J connectivity index is 1.36. The fraction of sp³-hybridized carbons (Fsp3) is 1.00.